The van der Waals surface area contributed by atoms with Crippen molar-refractivity contribution in [3.05, 3.63) is 29.3 Å². The summed E-state index contributed by atoms with van der Waals surface area (Å²) in [6.45, 7) is 2.13. The topological polar surface area (TPSA) is 103 Å². The highest BCUT2D eigenvalue weighted by molar-refractivity contribution is 5.93. The van der Waals surface area contributed by atoms with E-state index in [4.69, 9.17) is 17.2 Å². The average Bonchev–Trinajstić information content (AvgIpc) is 2.52. The lowest BCUT2D eigenvalue weighted by Gasteiger charge is -2.57. The summed E-state index contributed by atoms with van der Waals surface area (Å²) in [4.78, 5) is 8.38. The van der Waals surface area contributed by atoms with E-state index >= 15 is 0 Å². The molecule has 4 bridgehead atoms. The predicted octanol–water partition coefficient (Wildman–Crippen LogP) is 2.94. The summed E-state index contributed by atoms with van der Waals surface area (Å²) in [7, 11) is 0. The maximum Gasteiger partial charge on any atom is 0.223 e. The van der Waals surface area contributed by atoms with E-state index in [0.717, 1.165) is 29.9 Å². The van der Waals surface area contributed by atoms with E-state index in [2.05, 4.69) is 35.1 Å². The molecule has 6 N–H and O–H groups in total. The Hall–Kier alpha value is -2.04. The van der Waals surface area contributed by atoms with Crippen LogP contribution in [0.2, 0.25) is 0 Å². The summed E-state index contributed by atoms with van der Waals surface area (Å²) < 4.78 is 0. The fourth-order valence-corrected chi connectivity index (χ4v) is 6.04. The molecule has 1 aromatic rings. The molecule has 5 heteroatoms. The summed E-state index contributed by atoms with van der Waals surface area (Å²) in [6.07, 6.45) is 9.30. The first-order valence-electron chi connectivity index (χ1n) is 9.54. The van der Waals surface area contributed by atoms with Gasteiger partial charge < -0.3 is 17.2 Å². The fourth-order valence-electron chi connectivity index (χ4n) is 6.04. The highest BCUT2D eigenvalue weighted by Crippen LogP contribution is 2.60. The number of rotatable bonds is 3. The lowest BCUT2D eigenvalue weighted by atomic mass is 9.48. The van der Waals surface area contributed by atoms with Crippen LogP contribution in [0, 0.1) is 17.8 Å². The van der Waals surface area contributed by atoms with E-state index in [1.807, 2.05) is 0 Å². The standard InChI is InChI=1S/C20H29N5/c1-2-15-3-4-16(8-17(15)24-19(23)25-18(21)22)20-9-12-5-13(10-20)7-14(6-12)11-20/h3-4,8,12-14H,2,5-7,9-11H2,1H3,(H6,21,22,23,24,25). The monoisotopic (exact) mass is 339 g/mol. The normalized spacial score (nSPS) is 33.5. The van der Waals surface area contributed by atoms with Crippen molar-refractivity contribution in [3.63, 3.8) is 0 Å². The molecule has 134 valence electrons. The highest BCUT2D eigenvalue weighted by atomic mass is 15.1. The lowest BCUT2D eigenvalue weighted by molar-refractivity contribution is -0.00517. The summed E-state index contributed by atoms with van der Waals surface area (Å²) in [5, 5.41) is 0. The largest absolute Gasteiger partial charge is 0.370 e. The number of hydrogen-bond acceptors (Lipinski definition) is 1. The number of aryl methyl sites for hydroxylation is 1. The van der Waals surface area contributed by atoms with E-state index < -0.39 is 0 Å². The van der Waals surface area contributed by atoms with Crippen LogP contribution in [0.5, 0.6) is 0 Å². The van der Waals surface area contributed by atoms with E-state index in [1.54, 1.807) is 0 Å². The van der Waals surface area contributed by atoms with Crippen molar-refractivity contribution in [1.29, 1.82) is 0 Å². The molecule has 0 saturated heterocycles. The second kappa shape index (κ2) is 6.04. The van der Waals surface area contributed by atoms with Gasteiger partial charge in [-0.25, -0.2) is 4.99 Å². The van der Waals surface area contributed by atoms with E-state index in [1.165, 1.54) is 49.7 Å². The number of nitrogens with zero attached hydrogens (tertiary/aromatic N) is 2. The Labute approximate surface area is 149 Å². The zero-order chi connectivity index (χ0) is 17.6. The summed E-state index contributed by atoms with van der Waals surface area (Å²) in [6, 6.07) is 6.80. The zero-order valence-electron chi connectivity index (χ0n) is 15.0. The van der Waals surface area contributed by atoms with Gasteiger partial charge in [0.1, 0.15) is 0 Å². The van der Waals surface area contributed by atoms with Gasteiger partial charge in [0, 0.05) is 0 Å². The van der Waals surface area contributed by atoms with Crippen molar-refractivity contribution in [2.75, 3.05) is 0 Å². The first-order valence-corrected chi connectivity index (χ1v) is 9.54. The number of hydrogen-bond donors (Lipinski definition) is 3. The van der Waals surface area contributed by atoms with Crippen LogP contribution in [0.1, 0.15) is 56.6 Å². The quantitative estimate of drug-likeness (QED) is 0.582. The van der Waals surface area contributed by atoms with Crippen molar-refractivity contribution in [2.45, 2.75) is 57.3 Å². The van der Waals surface area contributed by atoms with Crippen molar-refractivity contribution in [2.24, 2.45) is 44.9 Å². The molecule has 5 nitrogen and oxygen atoms in total. The number of guanidine groups is 2. The third-order valence-electron chi connectivity index (χ3n) is 6.60. The fraction of sp³-hybridized carbons (Fsp3) is 0.600. The van der Waals surface area contributed by atoms with Crippen LogP contribution in [0.15, 0.2) is 28.2 Å². The highest BCUT2D eigenvalue weighted by Gasteiger charge is 2.51. The molecule has 1 aromatic carbocycles. The van der Waals surface area contributed by atoms with Gasteiger partial charge in [0.25, 0.3) is 0 Å². The van der Waals surface area contributed by atoms with Crippen LogP contribution >= 0.6 is 0 Å². The molecule has 25 heavy (non-hydrogen) atoms. The minimum atomic E-state index is -0.0588. The Bertz CT molecular complexity index is 694. The smallest absolute Gasteiger partial charge is 0.223 e. The summed E-state index contributed by atoms with van der Waals surface area (Å²) >= 11 is 0. The maximum absolute atomic E-state index is 5.89. The maximum atomic E-state index is 5.89. The van der Waals surface area contributed by atoms with Gasteiger partial charge in [0.2, 0.25) is 5.96 Å². The van der Waals surface area contributed by atoms with Gasteiger partial charge in [-0.1, -0.05) is 19.1 Å². The Kier molecular flexibility index (Phi) is 3.97. The Morgan fingerprint density at radius 3 is 2.16 bits per heavy atom. The molecule has 0 heterocycles. The number of aliphatic imine (C=N–C) groups is 2. The molecule has 4 aliphatic rings. The minimum absolute atomic E-state index is 0.0588. The molecular formula is C20H29N5. The summed E-state index contributed by atoms with van der Waals surface area (Å²) in [5.74, 6) is 2.84. The molecule has 4 fully saturated rings. The second-order valence-electron chi connectivity index (χ2n) is 8.40. The first-order chi connectivity index (χ1) is 12.0. The molecule has 0 amide bonds. The molecule has 0 atom stereocenters. The first kappa shape index (κ1) is 16.4. The van der Waals surface area contributed by atoms with Crippen LogP contribution in [-0.2, 0) is 11.8 Å². The molecule has 5 rings (SSSR count). The zero-order valence-corrected chi connectivity index (χ0v) is 15.0. The van der Waals surface area contributed by atoms with Gasteiger partial charge in [-0.2, -0.15) is 4.99 Å². The molecule has 0 aliphatic heterocycles. The minimum Gasteiger partial charge on any atom is -0.370 e. The number of nitrogens with two attached hydrogens (primary N) is 3. The molecular weight excluding hydrogens is 310 g/mol. The molecule has 0 aromatic heterocycles. The molecule has 4 saturated carbocycles. The molecule has 4 aliphatic carbocycles. The molecule has 0 spiro atoms. The number of benzene rings is 1. The Morgan fingerprint density at radius 1 is 1.04 bits per heavy atom. The van der Waals surface area contributed by atoms with Crippen LogP contribution in [-0.4, -0.2) is 11.9 Å². The van der Waals surface area contributed by atoms with Crippen molar-refractivity contribution < 1.29 is 0 Å². The van der Waals surface area contributed by atoms with Crippen molar-refractivity contribution >= 4 is 17.6 Å². The van der Waals surface area contributed by atoms with E-state index in [0.29, 0.717) is 5.41 Å². The van der Waals surface area contributed by atoms with Gasteiger partial charge in [-0.3, -0.25) is 0 Å². The van der Waals surface area contributed by atoms with Crippen molar-refractivity contribution in [3.8, 4) is 0 Å². The van der Waals surface area contributed by atoms with Gasteiger partial charge in [0.05, 0.1) is 5.69 Å². The van der Waals surface area contributed by atoms with Gasteiger partial charge in [0.15, 0.2) is 5.96 Å². The second-order valence-corrected chi connectivity index (χ2v) is 8.40. The Balaban J connectivity index is 1.72. The lowest BCUT2D eigenvalue weighted by Crippen LogP contribution is -2.48. The summed E-state index contributed by atoms with van der Waals surface area (Å²) in [5.41, 5.74) is 20.6. The van der Waals surface area contributed by atoms with E-state index in [9.17, 15) is 0 Å². The van der Waals surface area contributed by atoms with Gasteiger partial charge >= 0.3 is 0 Å². The third-order valence-corrected chi connectivity index (χ3v) is 6.60. The SMILES string of the molecule is CCc1ccc(C23CC4CC(CC(C4)C2)C3)cc1N=C(N)N=C(N)N. The van der Waals surface area contributed by atoms with Crippen LogP contribution in [0.4, 0.5) is 5.69 Å². The third kappa shape index (κ3) is 3.00. The average molecular weight is 339 g/mol. The van der Waals surface area contributed by atoms with Crippen LogP contribution < -0.4 is 17.2 Å². The van der Waals surface area contributed by atoms with Gasteiger partial charge in [-0.05, 0) is 85.3 Å². The van der Waals surface area contributed by atoms with Gasteiger partial charge in [-0.15, -0.1) is 0 Å². The van der Waals surface area contributed by atoms with Crippen molar-refractivity contribution in [1.82, 2.24) is 0 Å². The Morgan fingerprint density at radius 2 is 1.64 bits per heavy atom. The molecule has 0 unspecified atom stereocenters. The predicted molar refractivity (Wildman–Crippen MR) is 103 cm³/mol. The van der Waals surface area contributed by atoms with E-state index in [-0.39, 0.29) is 11.9 Å². The van der Waals surface area contributed by atoms with Crippen LogP contribution in [0.25, 0.3) is 0 Å². The molecule has 0 radical (unpaired) electrons. The van der Waals surface area contributed by atoms with Crippen LogP contribution in [0.3, 0.4) is 0 Å².